The predicted octanol–water partition coefficient (Wildman–Crippen LogP) is -0.342. The number of rotatable bonds is 5. The highest BCUT2D eigenvalue weighted by atomic mass is 16.7. The molecule has 1 heterocycles. The van der Waals surface area contributed by atoms with E-state index in [1.807, 2.05) is 6.92 Å². The van der Waals surface area contributed by atoms with Crippen LogP contribution in [0.15, 0.2) is 0 Å². The summed E-state index contributed by atoms with van der Waals surface area (Å²) in [5.74, 6) is -0.588. The summed E-state index contributed by atoms with van der Waals surface area (Å²) >= 11 is 0. The number of aliphatic hydroxyl groups is 6. The van der Waals surface area contributed by atoms with Gasteiger partial charge in [-0.1, -0.05) is 13.8 Å². The van der Waals surface area contributed by atoms with Gasteiger partial charge < -0.3 is 44.8 Å². The van der Waals surface area contributed by atoms with Crippen LogP contribution in [0.4, 0.5) is 0 Å². The second-order valence-electron chi connectivity index (χ2n) is 13.2. The van der Waals surface area contributed by atoms with Crippen LogP contribution in [0.1, 0.15) is 65.2 Å². The summed E-state index contributed by atoms with van der Waals surface area (Å²) in [5, 5.41) is 62.5. The highest BCUT2D eigenvalue weighted by Gasteiger charge is 2.68. The van der Waals surface area contributed by atoms with Gasteiger partial charge in [-0.05, 0) is 68.1 Å². The van der Waals surface area contributed by atoms with Crippen LogP contribution in [-0.4, -0.2) is 105 Å². The van der Waals surface area contributed by atoms with E-state index in [2.05, 4.69) is 11.7 Å². The van der Waals surface area contributed by atoms with E-state index in [9.17, 15) is 40.2 Å². The molecule has 0 spiro atoms. The summed E-state index contributed by atoms with van der Waals surface area (Å²) in [5.41, 5.74) is -2.54. The first kappa shape index (κ1) is 29.3. The van der Waals surface area contributed by atoms with E-state index in [-0.39, 0.29) is 47.4 Å². The van der Waals surface area contributed by atoms with Crippen molar-refractivity contribution in [2.24, 2.45) is 34.5 Å². The van der Waals surface area contributed by atoms with Crippen molar-refractivity contribution in [2.75, 3.05) is 13.7 Å². The standard InChI is InChI=1S/C28H44O11/c1-26-8-6-14(38-25-22(34)20(32)21(33)23(39-25)24(35)37-3)10-13(26)4-5-15-16-7-9-28(36,18(31)12-29)27(16,2)11-17(30)19(15)26/h13-16,18-23,25,29,31-34,36H,4-12H2,1-3H3/t13-,14-,15+,16+,18-,19-,20-,21+,22-,23+,25-,26+,27+,28-/m1/s1. The van der Waals surface area contributed by atoms with Crippen LogP contribution >= 0.6 is 0 Å². The number of hydrogen-bond acceptors (Lipinski definition) is 11. The number of ketones is 1. The third-order valence-corrected chi connectivity index (χ3v) is 11.6. The Kier molecular flexibility index (Phi) is 7.72. The van der Waals surface area contributed by atoms with E-state index in [0.717, 1.165) is 20.0 Å². The number of carbonyl (C=O) groups is 2. The number of esters is 1. The second-order valence-corrected chi connectivity index (χ2v) is 13.2. The topological polar surface area (TPSA) is 183 Å². The Bertz CT molecular complexity index is 960. The van der Waals surface area contributed by atoms with Crippen molar-refractivity contribution in [3.8, 4) is 0 Å². The van der Waals surface area contributed by atoms with Crippen molar-refractivity contribution in [2.45, 2.75) is 114 Å². The van der Waals surface area contributed by atoms with E-state index in [1.54, 1.807) is 0 Å². The zero-order chi connectivity index (χ0) is 28.5. The number of ether oxygens (including phenoxy) is 3. The maximum Gasteiger partial charge on any atom is 0.337 e. The van der Waals surface area contributed by atoms with Gasteiger partial charge >= 0.3 is 5.97 Å². The molecule has 0 bridgehead atoms. The number of hydrogen-bond donors (Lipinski definition) is 6. The zero-order valence-corrected chi connectivity index (χ0v) is 22.9. The molecule has 14 atom stereocenters. The lowest BCUT2D eigenvalue weighted by Crippen LogP contribution is -2.63. The number of methoxy groups -OCH3 is 1. The van der Waals surface area contributed by atoms with Crippen molar-refractivity contribution >= 4 is 11.8 Å². The first-order valence-electron chi connectivity index (χ1n) is 14.3. The van der Waals surface area contributed by atoms with Gasteiger partial charge in [-0.25, -0.2) is 4.79 Å². The van der Waals surface area contributed by atoms with Crippen LogP contribution in [0.2, 0.25) is 0 Å². The van der Waals surface area contributed by atoms with E-state index in [0.29, 0.717) is 32.1 Å². The molecule has 0 aromatic carbocycles. The fourth-order valence-electron chi connectivity index (χ4n) is 9.35. The molecule has 11 heteroatoms. The molecule has 4 saturated carbocycles. The average Bonchev–Trinajstić information content (AvgIpc) is 3.18. The largest absolute Gasteiger partial charge is 0.467 e. The fourth-order valence-corrected chi connectivity index (χ4v) is 9.35. The van der Waals surface area contributed by atoms with Crippen molar-refractivity contribution in [3.05, 3.63) is 0 Å². The van der Waals surface area contributed by atoms with Gasteiger partial charge in [-0.2, -0.15) is 0 Å². The quantitative estimate of drug-likeness (QED) is 0.192. The minimum Gasteiger partial charge on any atom is -0.467 e. The number of fused-ring (bicyclic) bond motifs is 5. The van der Waals surface area contributed by atoms with Crippen LogP contribution in [0.3, 0.4) is 0 Å². The lowest BCUT2D eigenvalue weighted by atomic mass is 9.44. The summed E-state index contributed by atoms with van der Waals surface area (Å²) < 4.78 is 16.3. The van der Waals surface area contributed by atoms with Crippen LogP contribution in [0.25, 0.3) is 0 Å². The lowest BCUT2D eigenvalue weighted by molar-refractivity contribution is -0.309. The van der Waals surface area contributed by atoms with Crippen molar-refractivity contribution < 1.29 is 54.4 Å². The van der Waals surface area contributed by atoms with Crippen LogP contribution in [0.5, 0.6) is 0 Å². The van der Waals surface area contributed by atoms with Gasteiger partial charge in [-0.3, -0.25) is 4.79 Å². The van der Waals surface area contributed by atoms with Gasteiger partial charge in [0.1, 0.15) is 30.2 Å². The highest BCUT2D eigenvalue weighted by molar-refractivity contribution is 5.84. The molecule has 39 heavy (non-hydrogen) atoms. The molecule has 1 aliphatic heterocycles. The fraction of sp³-hybridized carbons (Fsp3) is 0.929. The first-order valence-corrected chi connectivity index (χ1v) is 14.3. The van der Waals surface area contributed by atoms with Crippen LogP contribution in [-0.2, 0) is 23.8 Å². The maximum atomic E-state index is 13.8. The second kappa shape index (κ2) is 10.3. The molecule has 0 unspecified atom stereocenters. The van der Waals surface area contributed by atoms with Crippen molar-refractivity contribution in [3.63, 3.8) is 0 Å². The molecule has 6 N–H and O–H groups in total. The summed E-state index contributed by atoms with van der Waals surface area (Å²) in [6.45, 7) is 3.53. The van der Waals surface area contributed by atoms with Gasteiger partial charge in [0.15, 0.2) is 12.4 Å². The van der Waals surface area contributed by atoms with Crippen molar-refractivity contribution in [1.82, 2.24) is 0 Å². The Morgan fingerprint density at radius 1 is 1.08 bits per heavy atom. The normalized spacial score (nSPS) is 52.4. The summed E-state index contributed by atoms with van der Waals surface area (Å²) in [7, 11) is 1.14. The Balaban J connectivity index is 1.30. The third-order valence-electron chi connectivity index (χ3n) is 11.6. The molecule has 0 aromatic rings. The number of aliphatic hydroxyl groups excluding tert-OH is 5. The van der Waals surface area contributed by atoms with Gasteiger partial charge in [0.25, 0.3) is 0 Å². The molecule has 0 amide bonds. The Morgan fingerprint density at radius 2 is 1.79 bits per heavy atom. The zero-order valence-electron chi connectivity index (χ0n) is 22.9. The molecule has 5 fully saturated rings. The minimum absolute atomic E-state index is 0.0760. The molecule has 222 valence electrons. The van der Waals surface area contributed by atoms with Gasteiger partial charge in [0.2, 0.25) is 0 Å². The van der Waals surface area contributed by atoms with Gasteiger partial charge in [0.05, 0.1) is 25.4 Å². The van der Waals surface area contributed by atoms with Crippen LogP contribution in [0, 0.1) is 34.5 Å². The molecule has 11 nitrogen and oxygen atoms in total. The lowest BCUT2D eigenvalue weighted by Gasteiger charge is -2.61. The number of Topliss-reactive ketones (excluding diaryl/α,β-unsaturated/α-hetero) is 1. The van der Waals surface area contributed by atoms with E-state index in [4.69, 9.17) is 9.47 Å². The molecule has 4 aliphatic carbocycles. The number of carbonyl (C=O) groups excluding carboxylic acids is 2. The highest BCUT2D eigenvalue weighted by Crippen LogP contribution is 2.67. The van der Waals surface area contributed by atoms with E-state index >= 15 is 0 Å². The minimum atomic E-state index is -1.65. The molecule has 5 rings (SSSR count). The van der Waals surface area contributed by atoms with Crippen molar-refractivity contribution in [1.29, 1.82) is 0 Å². The molecular formula is C28H44O11. The van der Waals surface area contributed by atoms with Gasteiger partial charge in [0, 0.05) is 17.8 Å². The smallest absolute Gasteiger partial charge is 0.337 e. The van der Waals surface area contributed by atoms with Crippen LogP contribution < -0.4 is 0 Å². The summed E-state index contributed by atoms with van der Waals surface area (Å²) in [6.07, 6.45) is -4.42. The average molecular weight is 557 g/mol. The molecule has 0 aromatic heterocycles. The van der Waals surface area contributed by atoms with Gasteiger partial charge in [-0.15, -0.1) is 0 Å². The first-order chi connectivity index (χ1) is 18.3. The summed E-state index contributed by atoms with van der Waals surface area (Å²) in [4.78, 5) is 25.9. The Hall–Kier alpha value is -1.18. The SMILES string of the molecule is COC(=O)[C@H]1O[C@@H](O[C@@H]2CC[C@@]3(C)[C@H](CC[C@@H]4[C@@H]3C(=O)C[C@@]3(C)[C@H]4CC[C@@]3(O)[C@H](O)CO)C2)[C@H](O)[C@H](O)[C@@H]1O. The van der Waals surface area contributed by atoms with E-state index in [1.165, 1.54) is 0 Å². The molecule has 5 aliphatic rings. The Labute approximate surface area is 228 Å². The molecular weight excluding hydrogens is 512 g/mol. The third kappa shape index (κ3) is 4.31. The maximum absolute atomic E-state index is 13.8. The molecule has 0 radical (unpaired) electrons. The Morgan fingerprint density at radius 3 is 2.46 bits per heavy atom. The molecule has 1 saturated heterocycles. The summed E-state index contributed by atoms with van der Waals surface area (Å²) in [6, 6.07) is 0. The predicted molar refractivity (Wildman–Crippen MR) is 134 cm³/mol. The monoisotopic (exact) mass is 556 g/mol. The van der Waals surface area contributed by atoms with E-state index < -0.39 is 60.4 Å².